The summed E-state index contributed by atoms with van der Waals surface area (Å²) in [5, 5.41) is 3.71. The monoisotopic (exact) mass is 302 g/mol. The maximum atomic E-state index is 5.96. The number of hydrogen-bond acceptors (Lipinski definition) is 4. The average molecular weight is 302 g/mol. The zero-order chi connectivity index (χ0) is 14.5. The van der Waals surface area contributed by atoms with E-state index < -0.39 is 0 Å². The van der Waals surface area contributed by atoms with Crippen LogP contribution >= 0.6 is 11.3 Å². The molecule has 3 nitrogen and oxygen atoms in total. The van der Waals surface area contributed by atoms with E-state index in [1.165, 1.54) is 10.4 Å². The first-order valence-electron chi connectivity index (χ1n) is 7.68. The fourth-order valence-corrected chi connectivity index (χ4v) is 3.56. The van der Waals surface area contributed by atoms with Gasteiger partial charge in [-0.15, -0.1) is 11.3 Å². The molecule has 1 aliphatic rings. The van der Waals surface area contributed by atoms with Crippen LogP contribution in [0.4, 0.5) is 0 Å². The number of nitrogens with zero attached hydrogens (tertiary/aromatic N) is 1. The van der Waals surface area contributed by atoms with E-state index in [0.29, 0.717) is 12.0 Å². The van der Waals surface area contributed by atoms with Crippen molar-refractivity contribution in [2.45, 2.75) is 32.2 Å². The number of rotatable bonds is 6. The van der Waals surface area contributed by atoms with E-state index in [4.69, 9.17) is 4.74 Å². The maximum absolute atomic E-state index is 5.96. The van der Waals surface area contributed by atoms with Crippen molar-refractivity contribution >= 4 is 11.3 Å². The predicted octanol–water partition coefficient (Wildman–Crippen LogP) is 3.31. The second-order valence-corrected chi connectivity index (χ2v) is 6.59. The van der Waals surface area contributed by atoms with Crippen molar-refractivity contribution in [3.8, 4) is 5.75 Å². The lowest BCUT2D eigenvalue weighted by Crippen LogP contribution is -2.43. The molecule has 0 bridgehead atoms. The SMILES string of the molecule is CCCNC(Cc1cncs1)C1COc2ccccc2C1. The summed E-state index contributed by atoms with van der Waals surface area (Å²) in [5.41, 5.74) is 3.25. The molecule has 1 aliphatic heterocycles. The largest absolute Gasteiger partial charge is 0.493 e. The third-order valence-corrected chi connectivity index (χ3v) is 4.84. The molecule has 21 heavy (non-hydrogen) atoms. The van der Waals surface area contributed by atoms with Crippen molar-refractivity contribution < 1.29 is 4.74 Å². The minimum Gasteiger partial charge on any atom is -0.493 e. The first-order valence-corrected chi connectivity index (χ1v) is 8.56. The predicted molar refractivity (Wildman–Crippen MR) is 87.0 cm³/mol. The van der Waals surface area contributed by atoms with Gasteiger partial charge in [0, 0.05) is 23.0 Å². The molecule has 0 amide bonds. The molecule has 0 radical (unpaired) electrons. The Morgan fingerprint density at radius 2 is 2.33 bits per heavy atom. The third-order valence-electron chi connectivity index (χ3n) is 4.04. The fourth-order valence-electron chi connectivity index (χ4n) is 2.90. The van der Waals surface area contributed by atoms with Gasteiger partial charge in [-0.2, -0.15) is 0 Å². The normalized spacial score (nSPS) is 18.8. The van der Waals surface area contributed by atoms with Crippen molar-refractivity contribution in [2.24, 2.45) is 5.92 Å². The summed E-state index contributed by atoms with van der Waals surface area (Å²) in [6.07, 6.45) is 5.28. The zero-order valence-corrected chi connectivity index (χ0v) is 13.2. The Morgan fingerprint density at radius 1 is 1.43 bits per heavy atom. The molecule has 112 valence electrons. The summed E-state index contributed by atoms with van der Waals surface area (Å²) >= 11 is 1.74. The van der Waals surface area contributed by atoms with Gasteiger partial charge in [0.1, 0.15) is 5.75 Å². The Labute approximate surface area is 130 Å². The molecule has 2 atom stereocenters. The molecule has 2 heterocycles. The van der Waals surface area contributed by atoms with Gasteiger partial charge in [0.05, 0.1) is 12.1 Å². The van der Waals surface area contributed by atoms with E-state index in [1.54, 1.807) is 11.3 Å². The molecule has 0 saturated carbocycles. The van der Waals surface area contributed by atoms with Gasteiger partial charge in [-0.25, -0.2) is 0 Å². The van der Waals surface area contributed by atoms with Crippen molar-refractivity contribution in [3.63, 3.8) is 0 Å². The lowest BCUT2D eigenvalue weighted by Gasteiger charge is -2.32. The summed E-state index contributed by atoms with van der Waals surface area (Å²) in [6.45, 7) is 4.07. The first kappa shape index (κ1) is 14.5. The van der Waals surface area contributed by atoms with E-state index in [0.717, 1.165) is 38.2 Å². The van der Waals surface area contributed by atoms with Gasteiger partial charge in [0.25, 0.3) is 0 Å². The second-order valence-electron chi connectivity index (χ2n) is 5.62. The van der Waals surface area contributed by atoms with E-state index >= 15 is 0 Å². The van der Waals surface area contributed by atoms with Crippen LogP contribution in [0.1, 0.15) is 23.8 Å². The van der Waals surface area contributed by atoms with E-state index in [-0.39, 0.29) is 0 Å². The van der Waals surface area contributed by atoms with E-state index in [1.807, 2.05) is 17.8 Å². The molecule has 1 N–H and O–H groups in total. The standard InChI is InChI=1S/C17H22N2OS/c1-2-7-19-16(9-15-10-18-12-21-15)14-8-13-5-3-4-6-17(13)20-11-14/h3-6,10,12,14,16,19H,2,7-9,11H2,1H3. The molecule has 0 spiro atoms. The molecular formula is C17H22N2OS. The lowest BCUT2D eigenvalue weighted by atomic mass is 9.88. The quantitative estimate of drug-likeness (QED) is 0.889. The van der Waals surface area contributed by atoms with Crippen LogP contribution < -0.4 is 10.1 Å². The van der Waals surface area contributed by atoms with Gasteiger partial charge in [-0.05, 0) is 37.4 Å². The van der Waals surface area contributed by atoms with Crippen LogP contribution in [0.25, 0.3) is 0 Å². The number of fused-ring (bicyclic) bond motifs is 1. The summed E-state index contributed by atoms with van der Waals surface area (Å²) in [4.78, 5) is 5.55. The van der Waals surface area contributed by atoms with Gasteiger partial charge in [-0.3, -0.25) is 4.98 Å². The second kappa shape index (κ2) is 7.05. The summed E-state index contributed by atoms with van der Waals surface area (Å²) in [6, 6.07) is 8.86. The fraction of sp³-hybridized carbons (Fsp3) is 0.471. The number of aromatic nitrogens is 1. The van der Waals surface area contributed by atoms with Gasteiger partial charge in [0.2, 0.25) is 0 Å². The Hall–Kier alpha value is -1.39. The van der Waals surface area contributed by atoms with Gasteiger partial charge >= 0.3 is 0 Å². The molecule has 1 aromatic heterocycles. The Morgan fingerprint density at radius 3 is 3.14 bits per heavy atom. The van der Waals surface area contributed by atoms with Crippen LogP contribution in [-0.4, -0.2) is 24.2 Å². The lowest BCUT2D eigenvalue weighted by molar-refractivity contribution is 0.183. The summed E-state index contributed by atoms with van der Waals surface area (Å²) in [5.74, 6) is 1.58. The minimum absolute atomic E-state index is 0.457. The molecule has 4 heteroatoms. The smallest absolute Gasteiger partial charge is 0.122 e. The average Bonchev–Trinajstić information content (AvgIpc) is 3.04. The third kappa shape index (κ3) is 3.63. The van der Waals surface area contributed by atoms with Gasteiger partial charge in [0.15, 0.2) is 0 Å². The van der Waals surface area contributed by atoms with Crippen molar-refractivity contribution in [1.82, 2.24) is 10.3 Å². The van der Waals surface area contributed by atoms with Crippen molar-refractivity contribution in [1.29, 1.82) is 0 Å². The highest BCUT2D eigenvalue weighted by Gasteiger charge is 2.27. The Balaban J connectivity index is 1.71. The van der Waals surface area contributed by atoms with Crippen LogP contribution in [0, 0.1) is 5.92 Å². The van der Waals surface area contributed by atoms with Crippen molar-refractivity contribution in [3.05, 3.63) is 46.4 Å². The molecule has 0 aliphatic carbocycles. The van der Waals surface area contributed by atoms with Crippen LogP contribution in [0.5, 0.6) is 5.75 Å². The van der Waals surface area contributed by atoms with Crippen LogP contribution in [0.15, 0.2) is 36.0 Å². The zero-order valence-electron chi connectivity index (χ0n) is 12.4. The summed E-state index contributed by atoms with van der Waals surface area (Å²) < 4.78 is 5.96. The van der Waals surface area contributed by atoms with E-state index in [2.05, 4.69) is 35.4 Å². The molecule has 2 aromatic rings. The minimum atomic E-state index is 0.457. The van der Waals surface area contributed by atoms with Gasteiger partial charge < -0.3 is 10.1 Å². The summed E-state index contributed by atoms with van der Waals surface area (Å²) in [7, 11) is 0. The molecule has 0 saturated heterocycles. The molecule has 1 aromatic carbocycles. The maximum Gasteiger partial charge on any atom is 0.122 e. The Bertz CT molecular complexity index is 556. The van der Waals surface area contributed by atoms with Crippen molar-refractivity contribution in [2.75, 3.05) is 13.2 Å². The highest BCUT2D eigenvalue weighted by molar-refractivity contribution is 7.09. The number of para-hydroxylation sites is 1. The van der Waals surface area contributed by atoms with Gasteiger partial charge in [-0.1, -0.05) is 25.1 Å². The number of benzene rings is 1. The highest BCUT2D eigenvalue weighted by Crippen LogP contribution is 2.29. The topological polar surface area (TPSA) is 34.2 Å². The van der Waals surface area contributed by atoms with Crippen LogP contribution in [-0.2, 0) is 12.8 Å². The number of nitrogens with one attached hydrogen (secondary N) is 1. The molecule has 3 rings (SSSR count). The number of hydrogen-bond donors (Lipinski definition) is 1. The van der Waals surface area contributed by atoms with Crippen LogP contribution in [0.2, 0.25) is 0 Å². The van der Waals surface area contributed by atoms with Crippen LogP contribution in [0.3, 0.4) is 0 Å². The highest BCUT2D eigenvalue weighted by atomic mass is 32.1. The number of thiazole rings is 1. The first-order chi connectivity index (χ1) is 10.4. The molecular weight excluding hydrogens is 280 g/mol. The van der Waals surface area contributed by atoms with E-state index in [9.17, 15) is 0 Å². The number of ether oxygens (including phenoxy) is 1. The Kier molecular flexibility index (Phi) is 4.88. The molecule has 2 unspecified atom stereocenters. The molecule has 0 fully saturated rings.